The molecule has 1 aliphatic heterocycles. The van der Waals surface area contributed by atoms with Crippen LogP contribution in [0.4, 0.5) is 5.69 Å². The zero-order valence-corrected chi connectivity index (χ0v) is 14.6. The molecule has 1 fully saturated rings. The maximum absolute atomic E-state index is 13.0. The van der Waals surface area contributed by atoms with Crippen molar-refractivity contribution in [3.8, 4) is 0 Å². The maximum Gasteiger partial charge on any atom is 0.254 e. The Hall–Kier alpha value is -3.42. The number of hydrogen-bond acceptors (Lipinski definition) is 6. The zero-order chi connectivity index (χ0) is 18.6. The van der Waals surface area contributed by atoms with Crippen LogP contribution in [0.25, 0.3) is 0 Å². The molecule has 3 heterocycles. The first-order chi connectivity index (χ1) is 13.2. The number of benzene rings is 1. The van der Waals surface area contributed by atoms with Crippen molar-refractivity contribution in [2.75, 3.05) is 11.4 Å². The molecule has 0 spiro atoms. The van der Waals surface area contributed by atoms with E-state index >= 15 is 0 Å². The number of carbonyl (C=O) groups is 2. The number of aromatic nitrogens is 2. The van der Waals surface area contributed by atoms with E-state index in [1.165, 1.54) is 25.3 Å². The van der Waals surface area contributed by atoms with E-state index in [-0.39, 0.29) is 24.9 Å². The molecular weight excluding hydrogens is 348 g/mol. The Balaban J connectivity index is 1.53. The third-order valence-corrected chi connectivity index (χ3v) is 4.46. The van der Waals surface area contributed by atoms with Gasteiger partial charge in [0.15, 0.2) is 12.8 Å². The summed E-state index contributed by atoms with van der Waals surface area (Å²) in [5.41, 5.74) is 2.63. The summed E-state index contributed by atoms with van der Waals surface area (Å²) >= 11 is 0. The molecule has 27 heavy (non-hydrogen) atoms. The molecule has 0 atom stereocenters. The van der Waals surface area contributed by atoms with E-state index in [1.807, 2.05) is 0 Å². The lowest BCUT2D eigenvalue weighted by molar-refractivity contribution is -0.117. The van der Waals surface area contributed by atoms with Crippen LogP contribution in [0.2, 0.25) is 0 Å². The average Bonchev–Trinajstić information content (AvgIpc) is 3.44. The Morgan fingerprint density at radius 3 is 2.15 bits per heavy atom. The summed E-state index contributed by atoms with van der Waals surface area (Å²) in [7, 11) is 0. The largest absolute Gasteiger partial charge is 0.451 e. The Kier molecular flexibility index (Phi) is 4.69. The third kappa shape index (κ3) is 3.74. The first-order valence-electron chi connectivity index (χ1n) is 8.64. The van der Waals surface area contributed by atoms with Crippen LogP contribution in [-0.2, 0) is 17.9 Å². The topological polar surface area (TPSA) is 92.7 Å². The molecule has 1 aliphatic rings. The van der Waals surface area contributed by atoms with E-state index in [4.69, 9.17) is 8.83 Å². The summed E-state index contributed by atoms with van der Waals surface area (Å²) < 4.78 is 10.00. The van der Waals surface area contributed by atoms with Crippen LogP contribution in [-0.4, -0.2) is 33.2 Å². The van der Waals surface area contributed by atoms with E-state index < -0.39 is 0 Å². The Bertz CT molecular complexity index is 868. The number of amides is 2. The second kappa shape index (κ2) is 7.45. The van der Waals surface area contributed by atoms with E-state index in [0.29, 0.717) is 23.4 Å². The normalized spacial score (nSPS) is 13.9. The first kappa shape index (κ1) is 17.0. The zero-order valence-electron chi connectivity index (χ0n) is 14.6. The first-order valence-corrected chi connectivity index (χ1v) is 8.64. The minimum Gasteiger partial charge on any atom is -0.451 e. The summed E-state index contributed by atoms with van der Waals surface area (Å²) in [6.45, 7) is 1.29. The van der Waals surface area contributed by atoms with Crippen LogP contribution in [0, 0.1) is 0 Å². The van der Waals surface area contributed by atoms with Crippen LogP contribution in [0.1, 0.15) is 34.6 Å². The monoisotopic (exact) mass is 366 g/mol. The number of hydrogen-bond donors (Lipinski definition) is 0. The lowest BCUT2D eigenvalue weighted by Crippen LogP contribution is -2.30. The van der Waals surface area contributed by atoms with Gasteiger partial charge in [0.1, 0.15) is 12.5 Å². The van der Waals surface area contributed by atoms with Gasteiger partial charge in [-0.05, 0) is 30.7 Å². The minimum atomic E-state index is -0.166. The van der Waals surface area contributed by atoms with Crippen molar-refractivity contribution in [1.82, 2.24) is 14.9 Å². The van der Waals surface area contributed by atoms with Gasteiger partial charge in [0.05, 0.1) is 24.5 Å². The molecule has 0 unspecified atom stereocenters. The molecule has 138 valence electrons. The Morgan fingerprint density at radius 1 is 1.04 bits per heavy atom. The van der Waals surface area contributed by atoms with Crippen molar-refractivity contribution in [2.24, 2.45) is 0 Å². The van der Waals surface area contributed by atoms with Gasteiger partial charge in [-0.3, -0.25) is 9.59 Å². The highest BCUT2D eigenvalue weighted by Gasteiger charge is 2.23. The molecule has 2 aromatic heterocycles. The number of oxazole rings is 2. The molecule has 3 aromatic rings. The smallest absolute Gasteiger partial charge is 0.254 e. The molecule has 0 bridgehead atoms. The van der Waals surface area contributed by atoms with Gasteiger partial charge in [0, 0.05) is 24.2 Å². The molecule has 8 nitrogen and oxygen atoms in total. The van der Waals surface area contributed by atoms with Crippen LogP contribution in [0.3, 0.4) is 0 Å². The third-order valence-electron chi connectivity index (χ3n) is 4.46. The molecule has 4 rings (SSSR count). The Labute approximate surface area is 155 Å². The Morgan fingerprint density at radius 2 is 1.67 bits per heavy atom. The molecule has 1 saturated heterocycles. The lowest BCUT2D eigenvalue weighted by Gasteiger charge is -2.21. The molecule has 0 N–H and O–H groups in total. The fourth-order valence-electron chi connectivity index (χ4n) is 3.11. The van der Waals surface area contributed by atoms with Crippen LogP contribution >= 0.6 is 0 Å². The highest BCUT2D eigenvalue weighted by Crippen LogP contribution is 2.22. The molecule has 0 radical (unpaired) electrons. The standard InChI is InChI=1S/C19H18N4O4/c24-18-2-1-7-23(18)17-5-3-14(4-6-17)19(25)22(8-15-10-26-12-20-15)9-16-11-27-13-21-16/h3-6,10-13H,1-2,7-9H2. The van der Waals surface area contributed by atoms with Gasteiger partial charge < -0.3 is 18.6 Å². The summed E-state index contributed by atoms with van der Waals surface area (Å²) in [6, 6.07) is 7.09. The van der Waals surface area contributed by atoms with Crippen molar-refractivity contribution in [3.05, 3.63) is 66.5 Å². The molecule has 0 aliphatic carbocycles. The van der Waals surface area contributed by atoms with Crippen LogP contribution in [0.15, 0.2) is 58.4 Å². The number of anilines is 1. The average molecular weight is 366 g/mol. The molecule has 8 heteroatoms. The fourth-order valence-corrected chi connectivity index (χ4v) is 3.11. The lowest BCUT2D eigenvalue weighted by atomic mass is 10.1. The van der Waals surface area contributed by atoms with Gasteiger partial charge in [-0.1, -0.05) is 0 Å². The number of rotatable bonds is 6. The molecule has 1 aromatic carbocycles. The number of nitrogens with zero attached hydrogens (tertiary/aromatic N) is 4. The van der Waals surface area contributed by atoms with Gasteiger partial charge in [0.2, 0.25) is 5.91 Å². The fraction of sp³-hybridized carbons (Fsp3) is 0.263. The predicted molar refractivity (Wildman–Crippen MR) is 94.6 cm³/mol. The summed E-state index contributed by atoms with van der Waals surface area (Å²) in [5.74, 6) is -0.0481. The van der Waals surface area contributed by atoms with Gasteiger partial charge >= 0.3 is 0 Å². The summed E-state index contributed by atoms with van der Waals surface area (Å²) in [4.78, 5) is 36.4. The second-order valence-electron chi connectivity index (χ2n) is 6.32. The SMILES string of the molecule is O=C(c1ccc(N2CCCC2=O)cc1)N(Cc1cocn1)Cc1cocn1. The van der Waals surface area contributed by atoms with Crippen molar-refractivity contribution >= 4 is 17.5 Å². The molecular formula is C19H18N4O4. The van der Waals surface area contributed by atoms with Gasteiger partial charge in [-0.25, -0.2) is 9.97 Å². The van der Waals surface area contributed by atoms with E-state index in [9.17, 15) is 9.59 Å². The van der Waals surface area contributed by atoms with Crippen molar-refractivity contribution in [1.29, 1.82) is 0 Å². The predicted octanol–water partition coefficient (Wildman–Crippen LogP) is 2.63. The highest BCUT2D eigenvalue weighted by atomic mass is 16.3. The molecule has 2 amide bonds. The van der Waals surface area contributed by atoms with Gasteiger partial charge in [0.25, 0.3) is 5.91 Å². The molecule has 0 saturated carbocycles. The number of carbonyl (C=O) groups excluding carboxylic acids is 2. The van der Waals surface area contributed by atoms with Crippen LogP contribution < -0.4 is 4.90 Å². The van der Waals surface area contributed by atoms with Gasteiger partial charge in [-0.15, -0.1) is 0 Å². The van der Waals surface area contributed by atoms with Crippen molar-refractivity contribution < 1.29 is 18.4 Å². The minimum absolute atomic E-state index is 0.118. The van der Waals surface area contributed by atoms with Crippen LogP contribution in [0.5, 0.6) is 0 Å². The van der Waals surface area contributed by atoms with Gasteiger partial charge in [-0.2, -0.15) is 0 Å². The van der Waals surface area contributed by atoms with Crippen molar-refractivity contribution in [2.45, 2.75) is 25.9 Å². The summed E-state index contributed by atoms with van der Waals surface area (Å²) in [6.07, 6.45) is 7.11. The highest BCUT2D eigenvalue weighted by molar-refractivity contribution is 5.97. The van der Waals surface area contributed by atoms with E-state index in [1.54, 1.807) is 34.1 Å². The van der Waals surface area contributed by atoms with Crippen molar-refractivity contribution in [3.63, 3.8) is 0 Å². The summed E-state index contributed by atoms with van der Waals surface area (Å²) in [5, 5.41) is 0. The van der Waals surface area contributed by atoms with E-state index in [2.05, 4.69) is 9.97 Å². The van der Waals surface area contributed by atoms with E-state index in [0.717, 1.165) is 18.7 Å². The second-order valence-corrected chi connectivity index (χ2v) is 6.32. The quantitative estimate of drug-likeness (QED) is 0.666. The maximum atomic E-state index is 13.0.